The van der Waals surface area contributed by atoms with Crippen LogP contribution in [0.5, 0.6) is 5.75 Å². The third-order valence-corrected chi connectivity index (χ3v) is 3.62. The number of nitrogens with one attached hydrogen (secondary N) is 1. The van der Waals surface area contributed by atoms with Crippen molar-refractivity contribution in [1.29, 1.82) is 0 Å². The van der Waals surface area contributed by atoms with E-state index < -0.39 is 0 Å². The van der Waals surface area contributed by atoms with Gasteiger partial charge in [0.15, 0.2) is 0 Å². The zero-order chi connectivity index (χ0) is 13.1. The summed E-state index contributed by atoms with van der Waals surface area (Å²) in [5, 5.41) is 3.26. The van der Waals surface area contributed by atoms with E-state index in [1.165, 1.54) is 0 Å². The van der Waals surface area contributed by atoms with Gasteiger partial charge in [0.2, 0.25) is 5.91 Å². The summed E-state index contributed by atoms with van der Waals surface area (Å²) in [7, 11) is 3.46. The van der Waals surface area contributed by atoms with Gasteiger partial charge in [0.25, 0.3) is 0 Å². The highest BCUT2D eigenvalue weighted by molar-refractivity contribution is 5.95. The number of amides is 1. The minimum Gasteiger partial charge on any atom is -0.497 e. The summed E-state index contributed by atoms with van der Waals surface area (Å²) in [5.41, 5.74) is 0.903. The van der Waals surface area contributed by atoms with Crippen molar-refractivity contribution in [1.82, 2.24) is 5.32 Å². The Labute approximate surface area is 108 Å². The number of carbonyl (C=O) groups is 1. The molecule has 1 saturated heterocycles. The maximum absolute atomic E-state index is 12.4. The lowest BCUT2D eigenvalue weighted by atomic mass is 9.96. The predicted octanol–water partition coefficient (Wildman–Crippen LogP) is 1.51. The van der Waals surface area contributed by atoms with Gasteiger partial charge in [-0.15, -0.1) is 0 Å². The maximum Gasteiger partial charge on any atom is 0.231 e. The fourth-order valence-corrected chi connectivity index (χ4v) is 2.32. The van der Waals surface area contributed by atoms with Gasteiger partial charge in [-0.05, 0) is 36.7 Å². The quantitative estimate of drug-likeness (QED) is 0.881. The van der Waals surface area contributed by atoms with Gasteiger partial charge in [0, 0.05) is 19.3 Å². The number of rotatable bonds is 3. The predicted molar refractivity (Wildman–Crippen MR) is 71.9 cm³/mol. The monoisotopic (exact) mass is 248 g/mol. The van der Waals surface area contributed by atoms with E-state index >= 15 is 0 Å². The number of carbonyl (C=O) groups excluding carboxylic acids is 1. The van der Waals surface area contributed by atoms with Crippen molar-refractivity contribution >= 4 is 11.6 Å². The molecular formula is C14H20N2O2. The normalized spacial score (nSPS) is 22.8. The number of nitrogens with zero attached hydrogens (tertiary/aromatic N) is 1. The van der Waals surface area contributed by atoms with E-state index in [9.17, 15) is 4.79 Å². The van der Waals surface area contributed by atoms with Crippen molar-refractivity contribution in [3.8, 4) is 5.75 Å². The summed E-state index contributed by atoms with van der Waals surface area (Å²) in [5.74, 6) is 1.46. The van der Waals surface area contributed by atoms with Crippen molar-refractivity contribution in [2.24, 2.45) is 11.8 Å². The van der Waals surface area contributed by atoms with E-state index in [4.69, 9.17) is 4.74 Å². The summed E-state index contributed by atoms with van der Waals surface area (Å²) in [6.07, 6.45) is 0. The summed E-state index contributed by atoms with van der Waals surface area (Å²) >= 11 is 0. The zero-order valence-electron chi connectivity index (χ0n) is 11.1. The van der Waals surface area contributed by atoms with Crippen LogP contribution in [-0.2, 0) is 4.79 Å². The Morgan fingerprint density at radius 2 is 2.00 bits per heavy atom. The van der Waals surface area contributed by atoms with Crippen LogP contribution in [0, 0.1) is 11.8 Å². The van der Waals surface area contributed by atoms with Crippen LogP contribution in [0.4, 0.5) is 5.69 Å². The van der Waals surface area contributed by atoms with Crippen molar-refractivity contribution < 1.29 is 9.53 Å². The first-order valence-electron chi connectivity index (χ1n) is 6.26. The van der Waals surface area contributed by atoms with E-state index in [1.54, 1.807) is 12.0 Å². The number of methoxy groups -OCH3 is 1. The molecule has 1 amide bonds. The van der Waals surface area contributed by atoms with Crippen molar-refractivity contribution in [2.75, 3.05) is 32.1 Å². The molecule has 0 aliphatic carbocycles. The Bertz CT molecular complexity index is 416. The second kappa shape index (κ2) is 5.40. The first-order valence-corrected chi connectivity index (χ1v) is 6.26. The van der Waals surface area contributed by atoms with E-state index in [0.717, 1.165) is 24.5 Å². The first-order chi connectivity index (χ1) is 8.63. The van der Waals surface area contributed by atoms with Crippen LogP contribution in [0.3, 0.4) is 0 Å². The molecule has 18 heavy (non-hydrogen) atoms. The van der Waals surface area contributed by atoms with Gasteiger partial charge in [-0.2, -0.15) is 0 Å². The molecule has 0 unspecified atom stereocenters. The Kier molecular flexibility index (Phi) is 3.87. The standard InChI is InChI=1S/C14H20N2O2/c1-10-8-15-9-13(10)14(17)16(2)11-4-6-12(18-3)7-5-11/h4-7,10,13,15H,8-9H2,1-3H3/t10-,13-/m1/s1. The van der Waals surface area contributed by atoms with Gasteiger partial charge >= 0.3 is 0 Å². The smallest absolute Gasteiger partial charge is 0.231 e. The molecule has 1 aromatic rings. The lowest BCUT2D eigenvalue weighted by Gasteiger charge is -2.23. The fourth-order valence-electron chi connectivity index (χ4n) is 2.32. The Morgan fingerprint density at radius 3 is 2.50 bits per heavy atom. The molecule has 2 rings (SSSR count). The van der Waals surface area contributed by atoms with Gasteiger partial charge in [-0.1, -0.05) is 6.92 Å². The second-order valence-corrected chi connectivity index (χ2v) is 4.84. The van der Waals surface area contributed by atoms with E-state index in [2.05, 4.69) is 12.2 Å². The zero-order valence-corrected chi connectivity index (χ0v) is 11.1. The Balaban J connectivity index is 2.09. The molecule has 0 aromatic heterocycles. The molecule has 1 fully saturated rings. The number of anilines is 1. The Morgan fingerprint density at radius 1 is 1.33 bits per heavy atom. The topological polar surface area (TPSA) is 41.6 Å². The fraction of sp³-hybridized carbons (Fsp3) is 0.500. The van der Waals surface area contributed by atoms with Crippen LogP contribution in [0.1, 0.15) is 6.92 Å². The maximum atomic E-state index is 12.4. The highest BCUT2D eigenvalue weighted by Gasteiger charge is 2.31. The van der Waals surface area contributed by atoms with Gasteiger partial charge < -0.3 is 15.0 Å². The number of ether oxygens (including phenoxy) is 1. The number of hydrogen-bond donors (Lipinski definition) is 1. The minimum atomic E-state index is 0.0806. The summed E-state index contributed by atoms with van der Waals surface area (Å²) in [4.78, 5) is 14.1. The van der Waals surface area contributed by atoms with Gasteiger partial charge in [0.1, 0.15) is 5.75 Å². The average Bonchev–Trinajstić information content (AvgIpc) is 2.83. The van der Waals surface area contributed by atoms with Crippen molar-refractivity contribution in [3.05, 3.63) is 24.3 Å². The molecule has 4 heteroatoms. The van der Waals surface area contributed by atoms with Crippen molar-refractivity contribution in [3.63, 3.8) is 0 Å². The third kappa shape index (κ3) is 2.48. The van der Waals surface area contributed by atoms with Crippen LogP contribution in [0.2, 0.25) is 0 Å². The first kappa shape index (κ1) is 12.9. The van der Waals surface area contributed by atoms with Crippen LogP contribution in [-0.4, -0.2) is 33.2 Å². The molecule has 1 aromatic carbocycles. The summed E-state index contributed by atoms with van der Waals surface area (Å²) < 4.78 is 5.11. The highest BCUT2D eigenvalue weighted by Crippen LogP contribution is 2.23. The summed E-state index contributed by atoms with van der Waals surface area (Å²) in [6, 6.07) is 7.55. The molecule has 0 radical (unpaired) electrons. The largest absolute Gasteiger partial charge is 0.497 e. The van der Waals surface area contributed by atoms with Gasteiger partial charge in [-0.25, -0.2) is 0 Å². The van der Waals surface area contributed by atoms with Gasteiger partial charge in [-0.3, -0.25) is 4.79 Å². The molecule has 1 N–H and O–H groups in total. The highest BCUT2D eigenvalue weighted by atomic mass is 16.5. The lowest BCUT2D eigenvalue weighted by Crippen LogP contribution is -2.36. The molecule has 98 valence electrons. The molecule has 1 aliphatic rings. The molecule has 4 nitrogen and oxygen atoms in total. The molecule has 0 saturated carbocycles. The lowest BCUT2D eigenvalue weighted by molar-refractivity contribution is -0.122. The molecule has 0 spiro atoms. The molecule has 2 atom stereocenters. The average molecular weight is 248 g/mol. The number of benzene rings is 1. The molecule has 0 bridgehead atoms. The molecular weight excluding hydrogens is 228 g/mol. The minimum absolute atomic E-state index is 0.0806. The molecule has 1 aliphatic heterocycles. The number of hydrogen-bond acceptors (Lipinski definition) is 3. The van der Waals surface area contributed by atoms with E-state index in [0.29, 0.717) is 5.92 Å². The van der Waals surface area contributed by atoms with Crippen LogP contribution >= 0.6 is 0 Å². The summed E-state index contributed by atoms with van der Waals surface area (Å²) in [6.45, 7) is 3.82. The second-order valence-electron chi connectivity index (χ2n) is 4.84. The Hall–Kier alpha value is -1.55. The molecule has 1 heterocycles. The third-order valence-electron chi connectivity index (χ3n) is 3.62. The van der Waals surface area contributed by atoms with Crippen LogP contribution in [0.25, 0.3) is 0 Å². The van der Waals surface area contributed by atoms with Crippen LogP contribution in [0.15, 0.2) is 24.3 Å². The SMILES string of the molecule is COc1ccc(N(C)C(=O)[C@@H]2CNC[C@H]2C)cc1. The van der Waals surface area contributed by atoms with Crippen molar-refractivity contribution in [2.45, 2.75) is 6.92 Å². The van der Waals surface area contributed by atoms with Crippen LogP contribution < -0.4 is 15.0 Å². The van der Waals surface area contributed by atoms with E-state index in [1.807, 2.05) is 31.3 Å². The van der Waals surface area contributed by atoms with E-state index in [-0.39, 0.29) is 11.8 Å². The van der Waals surface area contributed by atoms with Gasteiger partial charge in [0.05, 0.1) is 13.0 Å².